The Morgan fingerprint density at radius 1 is 1.11 bits per heavy atom. The third-order valence-corrected chi connectivity index (χ3v) is 4.15. The Bertz CT molecular complexity index is 838. The Kier molecular flexibility index (Phi) is 5.71. The van der Waals surface area contributed by atoms with Crippen LogP contribution in [0.5, 0.6) is 5.75 Å². The van der Waals surface area contributed by atoms with Crippen molar-refractivity contribution in [3.05, 3.63) is 60.2 Å². The van der Waals surface area contributed by atoms with E-state index >= 15 is 0 Å². The molecule has 7 heteroatoms. The molecule has 1 aliphatic rings. The lowest BCUT2D eigenvalue weighted by atomic mass is 10.1. The van der Waals surface area contributed by atoms with E-state index in [4.69, 9.17) is 4.74 Å². The van der Waals surface area contributed by atoms with Crippen LogP contribution < -0.4 is 15.4 Å². The predicted octanol–water partition coefficient (Wildman–Crippen LogP) is 2.19. The zero-order chi connectivity index (χ0) is 19.2. The monoisotopic (exact) mass is 367 g/mol. The number of nitrogens with zero attached hydrogens (tertiary/aromatic N) is 1. The van der Waals surface area contributed by atoms with Gasteiger partial charge in [0.2, 0.25) is 5.91 Å². The number of para-hydroxylation sites is 2. The van der Waals surface area contributed by atoms with Crippen LogP contribution in [0, 0.1) is 0 Å². The minimum absolute atomic E-state index is 0.351. The van der Waals surface area contributed by atoms with Crippen molar-refractivity contribution in [2.75, 3.05) is 18.5 Å². The highest BCUT2D eigenvalue weighted by Gasteiger charge is 2.38. The van der Waals surface area contributed by atoms with Crippen molar-refractivity contribution in [1.29, 1.82) is 0 Å². The molecule has 1 aliphatic heterocycles. The van der Waals surface area contributed by atoms with Gasteiger partial charge in [0.15, 0.2) is 0 Å². The van der Waals surface area contributed by atoms with Gasteiger partial charge in [0.25, 0.3) is 5.91 Å². The zero-order valence-corrected chi connectivity index (χ0v) is 15.0. The summed E-state index contributed by atoms with van der Waals surface area (Å²) in [5.41, 5.74) is 1.44. The van der Waals surface area contributed by atoms with E-state index in [9.17, 15) is 14.4 Å². The van der Waals surface area contributed by atoms with Crippen molar-refractivity contribution in [3.63, 3.8) is 0 Å². The summed E-state index contributed by atoms with van der Waals surface area (Å²) in [6.07, 6.45) is 0.386. The molecule has 3 rings (SSSR count). The van der Waals surface area contributed by atoms with Gasteiger partial charge in [-0.25, -0.2) is 4.79 Å². The van der Waals surface area contributed by atoms with Gasteiger partial charge in [-0.05, 0) is 24.6 Å². The van der Waals surface area contributed by atoms with E-state index in [0.717, 1.165) is 10.5 Å². The highest BCUT2D eigenvalue weighted by molar-refractivity contribution is 6.08. The van der Waals surface area contributed by atoms with Gasteiger partial charge in [-0.2, -0.15) is 0 Å². The number of ether oxygens (including phenoxy) is 1. The minimum Gasteiger partial charge on any atom is -0.492 e. The Morgan fingerprint density at radius 2 is 1.81 bits per heavy atom. The maximum atomic E-state index is 12.5. The van der Waals surface area contributed by atoms with Gasteiger partial charge < -0.3 is 15.4 Å². The second-order valence-electron chi connectivity index (χ2n) is 6.09. The highest BCUT2D eigenvalue weighted by atomic mass is 16.5. The van der Waals surface area contributed by atoms with Crippen LogP contribution in [0.15, 0.2) is 54.6 Å². The van der Waals surface area contributed by atoms with E-state index < -0.39 is 23.9 Å². The zero-order valence-electron chi connectivity index (χ0n) is 15.0. The van der Waals surface area contributed by atoms with Crippen LogP contribution in [0.2, 0.25) is 0 Å². The number of nitrogens with one attached hydrogen (secondary N) is 2. The molecule has 2 N–H and O–H groups in total. The van der Waals surface area contributed by atoms with Gasteiger partial charge in [0.1, 0.15) is 18.3 Å². The Labute approximate surface area is 157 Å². The SMILES string of the molecule is CCOc1ccccc1NC(=O)CN1C(=O)NC(Cc2ccccc2)C1=O. The maximum Gasteiger partial charge on any atom is 0.325 e. The molecule has 0 saturated carbocycles. The van der Waals surface area contributed by atoms with E-state index in [1.54, 1.807) is 24.3 Å². The number of imide groups is 1. The lowest BCUT2D eigenvalue weighted by molar-refractivity contribution is -0.130. The minimum atomic E-state index is -0.664. The fraction of sp³-hybridized carbons (Fsp3) is 0.250. The van der Waals surface area contributed by atoms with Gasteiger partial charge in [-0.15, -0.1) is 0 Å². The molecular weight excluding hydrogens is 346 g/mol. The summed E-state index contributed by atoms with van der Waals surface area (Å²) in [7, 11) is 0. The number of anilines is 1. The summed E-state index contributed by atoms with van der Waals surface area (Å²) in [5, 5.41) is 5.33. The van der Waals surface area contributed by atoms with Crippen LogP contribution in [-0.4, -0.2) is 41.9 Å². The average molecular weight is 367 g/mol. The van der Waals surface area contributed by atoms with Crippen molar-refractivity contribution in [3.8, 4) is 5.75 Å². The first-order valence-electron chi connectivity index (χ1n) is 8.76. The number of hydrogen-bond acceptors (Lipinski definition) is 4. The quantitative estimate of drug-likeness (QED) is 0.735. The van der Waals surface area contributed by atoms with Crippen molar-refractivity contribution in [1.82, 2.24) is 10.2 Å². The van der Waals surface area contributed by atoms with Gasteiger partial charge in [0.05, 0.1) is 12.3 Å². The summed E-state index contributed by atoms with van der Waals surface area (Å²) in [4.78, 5) is 37.9. The van der Waals surface area contributed by atoms with Gasteiger partial charge >= 0.3 is 6.03 Å². The average Bonchev–Trinajstić information content (AvgIpc) is 2.92. The van der Waals surface area contributed by atoms with Gasteiger partial charge in [-0.1, -0.05) is 42.5 Å². The molecule has 27 heavy (non-hydrogen) atoms. The predicted molar refractivity (Wildman–Crippen MR) is 100 cm³/mol. The highest BCUT2D eigenvalue weighted by Crippen LogP contribution is 2.23. The number of rotatable bonds is 7. The van der Waals surface area contributed by atoms with Crippen LogP contribution in [0.1, 0.15) is 12.5 Å². The second kappa shape index (κ2) is 8.35. The first kappa shape index (κ1) is 18.4. The molecule has 4 amide bonds. The fourth-order valence-electron chi connectivity index (χ4n) is 2.90. The molecule has 1 unspecified atom stereocenters. The number of hydrogen-bond donors (Lipinski definition) is 2. The molecule has 0 spiro atoms. The fourth-order valence-corrected chi connectivity index (χ4v) is 2.90. The molecule has 7 nitrogen and oxygen atoms in total. The summed E-state index contributed by atoms with van der Waals surface area (Å²) >= 11 is 0. The molecule has 2 aromatic carbocycles. The number of amides is 4. The van der Waals surface area contributed by atoms with Crippen LogP contribution in [0.4, 0.5) is 10.5 Å². The van der Waals surface area contributed by atoms with Crippen LogP contribution in [-0.2, 0) is 16.0 Å². The Hall–Kier alpha value is -3.35. The first-order chi connectivity index (χ1) is 13.1. The molecule has 0 radical (unpaired) electrons. The molecule has 140 valence electrons. The Balaban J connectivity index is 1.62. The number of benzene rings is 2. The third-order valence-electron chi connectivity index (χ3n) is 4.15. The van der Waals surface area contributed by atoms with E-state index in [2.05, 4.69) is 10.6 Å². The van der Waals surface area contributed by atoms with Gasteiger partial charge in [-0.3, -0.25) is 14.5 Å². The number of carbonyl (C=O) groups is 3. The van der Waals surface area contributed by atoms with Crippen LogP contribution in [0.3, 0.4) is 0 Å². The molecule has 1 saturated heterocycles. The van der Waals surface area contributed by atoms with E-state index in [1.165, 1.54) is 0 Å². The summed E-state index contributed by atoms with van der Waals surface area (Å²) in [6, 6.07) is 15.2. The standard InChI is InChI=1S/C20H21N3O4/c1-2-27-17-11-7-6-10-15(17)21-18(24)13-23-19(25)16(22-20(23)26)12-14-8-4-3-5-9-14/h3-11,16H,2,12-13H2,1H3,(H,21,24)(H,22,26). The van der Waals surface area contributed by atoms with Crippen LogP contribution >= 0.6 is 0 Å². The van der Waals surface area contributed by atoms with Crippen LogP contribution in [0.25, 0.3) is 0 Å². The van der Waals surface area contributed by atoms with E-state index in [0.29, 0.717) is 24.5 Å². The van der Waals surface area contributed by atoms with E-state index in [1.807, 2.05) is 37.3 Å². The number of carbonyl (C=O) groups excluding carboxylic acids is 3. The summed E-state index contributed by atoms with van der Waals surface area (Å²) in [6.45, 7) is 1.95. The first-order valence-corrected chi connectivity index (χ1v) is 8.76. The van der Waals surface area contributed by atoms with Crippen molar-refractivity contribution >= 4 is 23.5 Å². The van der Waals surface area contributed by atoms with Crippen molar-refractivity contribution < 1.29 is 19.1 Å². The largest absolute Gasteiger partial charge is 0.492 e. The molecule has 0 bridgehead atoms. The molecule has 0 aromatic heterocycles. The second-order valence-corrected chi connectivity index (χ2v) is 6.09. The smallest absolute Gasteiger partial charge is 0.325 e. The molecular formula is C20H21N3O4. The molecule has 2 aromatic rings. The third kappa shape index (κ3) is 4.44. The maximum absolute atomic E-state index is 12.5. The molecule has 1 heterocycles. The van der Waals surface area contributed by atoms with Crippen molar-refractivity contribution in [2.45, 2.75) is 19.4 Å². The number of urea groups is 1. The van der Waals surface area contributed by atoms with E-state index in [-0.39, 0.29) is 6.54 Å². The molecule has 1 atom stereocenters. The summed E-state index contributed by atoms with van der Waals surface area (Å²) < 4.78 is 5.46. The molecule has 1 fully saturated rings. The van der Waals surface area contributed by atoms with Gasteiger partial charge in [0, 0.05) is 6.42 Å². The normalized spacial score (nSPS) is 16.2. The Morgan fingerprint density at radius 3 is 2.56 bits per heavy atom. The lowest BCUT2D eigenvalue weighted by Crippen LogP contribution is -2.38. The molecule has 0 aliphatic carbocycles. The topological polar surface area (TPSA) is 87.7 Å². The van der Waals surface area contributed by atoms with Crippen molar-refractivity contribution in [2.24, 2.45) is 0 Å². The lowest BCUT2D eigenvalue weighted by Gasteiger charge is -2.15. The summed E-state index contributed by atoms with van der Waals surface area (Å²) in [5.74, 6) is -0.337.